The molecular formula is C15H22IN5O. The SMILES string of the molecule is CN=C(NCCn1cccn1)NCc1ccc(OC)cc1.I. The van der Waals surface area contributed by atoms with Gasteiger partial charge in [0, 0.05) is 32.5 Å². The number of hydrogen-bond donors (Lipinski definition) is 2. The van der Waals surface area contributed by atoms with Crippen LogP contribution in [0.3, 0.4) is 0 Å². The average Bonchev–Trinajstić information content (AvgIpc) is 3.04. The Hall–Kier alpha value is -1.77. The van der Waals surface area contributed by atoms with E-state index in [0.29, 0.717) is 6.54 Å². The summed E-state index contributed by atoms with van der Waals surface area (Å²) < 4.78 is 7.02. The maximum atomic E-state index is 5.14. The summed E-state index contributed by atoms with van der Waals surface area (Å²) in [5.41, 5.74) is 1.17. The number of aromatic nitrogens is 2. The van der Waals surface area contributed by atoms with Gasteiger partial charge in [-0.1, -0.05) is 12.1 Å². The van der Waals surface area contributed by atoms with Crippen LogP contribution in [0.1, 0.15) is 5.56 Å². The molecule has 7 heteroatoms. The number of rotatable bonds is 6. The predicted molar refractivity (Wildman–Crippen MR) is 98.8 cm³/mol. The van der Waals surface area contributed by atoms with E-state index in [4.69, 9.17) is 4.74 Å². The molecule has 0 radical (unpaired) electrons. The van der Waals surface area contributed by atoms with Gasteiger partial charge in [0.25, 0.3) is 0 Å². The first kappa shape index (κ1) is 18.3. The molecule has 120 valence electrons. The molecule has 22 heavy (non-hydrogen) atoms. The minimum atomic E-state index is 0. The zero-order valence-corrected chi connectivity index (χ0v) is 15.2. The van der Waals surface area contributed by atoms with Gasteiger partial charge in [-0.2, -0.15) is 5.10 Å². The van der Waals surface area contributed by atoms with Gasteiger partial charge in [-0.3, -0.25) is 9.67 Å². The lowest BCUT2D eigenvalue weighted by Gasteiger charge is -2.12. The Bertz CT molecular complexity index is 554. The number of aliphatic imine (C=N–C) groups is 1. The number of ether oxygens (including phenoxy) is 1. The normalized spacial score (nSPS) is 10.7. The summed E-state index contributed by atoms with van der Waals surface area (Å²) in [6, 6.07) is 9.87. The maximum absolute atomic E-state index is 5.14. The van der Waals surface area contributed by atoms with E-state index in [-0.39, 0.29) is 24.0 Å². The molecule has 0 amide bonds. The first-order valence-electron chi connectivity index (χ1n) is 6.86. The van der Waals surface area contributed by atoms with Gasteiger partial charge in [-0.25, -0.2) is 0 Å². The number of nitrogens with one attached hydrogen (secondary N) is 2. The van der Waals surface area contributed by atoms with Crippen molar-refractivity contribution >= 4 is 29.9 Å². The van der Waals surface area contributed by atoms with Crippen molar-refractivity contribution in [3.8, 4) is 5.75 Å². The van der Waals surface area contributed by atoms with Crippen LogP contribution in [0.2, 0.25) is 0 Å². The second-order valence-corrected chi connectivity index (χ2v) is 4.47. The van der Waals surface area contributed by atoms with E-state index in [9.17, 15) is 0 Å². The van der Waals surface area contributed by atoms with E-state index in [1.54, 1.807) is 20.4 Å². The quantitative estimate of drug-likeness (QED) is 0.430. The third-order valence-electron chi connectivity index (χ3n) is 3.04. The van der Waals surface area contributed by atoms with Crippen molar-refractivity contribution in [3.05, 3.63) is 48.3 Å². The molecule has 1 aromatic heterocycles. The van der Waals surface area contributed by atoms with Crippen LogP contribution in [0.25, 0.3) is 0 Å². The largest absolute Gasteiger partial charge is 0.497 e. The summed E-state index contributed by atoms with van der Waals surface area (Å²) >= 11 is 0. The van der Waals surface area contributed by atoms with E-state index in [1.165, 1.54) is 5.56 Å². The molecule has 0 spiro atoms. The highest BCUT2D eigenvalue weighted by molar-refractivity contribution is 14.0. The van der Waals surface area contributed by atoms with Gasteiger partial charge in [0.1, 0.15) is 5.75 Å². The van der Waals surface area contributed by atoms with Crippen molar-refractivity contribution < 1.29 is 4.74 Å². The van der Waals surface area contributed by atoms with Crippen LogP contribution in [0, 0.1) is 0 Å². The van der Waals surface area contributed by atoms with Gasteiger partial charge in [0.05, 0.1) is 13.7 Å². The number of hydrogen-bond acceptors (Lipinski definition) is 3. The van der Waals surface area contributed by atoms with Crippen LogP contribution < -0.4 is 15.4 Å². The van der Waals surface area contributed by atoms with Gasteiger partial charge in [-0.05, 0) is 23.8 Å². The Morgan fingerprint density at radius 3 is 2.64 bits per heavy atom. The van der Waals surface area contributed by atoms with Gasteiger partial charge < -0.3 is 15.4 Å². The topological polar surface area (TPSA) is 63.5 Å². The van der Waals surface area contributed by atoms with Crippen LogP contribution >= 0.6 is 24.0 Å². The zero-order valence-electron chi connectivity index (χ0n) is 12.8. The van der Waals surface area contributed by atoms with E-state index in [0.717, 1.165) is 24.8 Å². The average molecular weight is 415 g/mol. The fraction of sp³-hybridized carbons (Fsp3) is 0.333. The van der Waals surface area contributed by atoms with Gasteiger partial charge in [0.15, 0.2) is 5.96 Å². The van der Waals surface area contributed by atoms with Crippen LogP contribution in [-0.2, 0) is 13.1 Å². The van der Waals surface area contributed by atoms with E-state index < -0.39 is 0 Å². The standard InChI is InChI=1S/C15H21N5O.HI/c1-16-15(17-9-11-20-10-3-8-19-20)18-12-13-4-6-14(21-2)7-5-13;/h3-8,10H,9,11-12H2,1-2H3,(H2,16,17,18);1H. The molecule has 1 aromatic carbocycles. The Morgan fingerprint density at radius 2 is 2.05 bits per heavy atom. The van der Waals surface area contributed by atoms with Crippen LogP contribution in [0.5, 0.6) is 5.75 Å². The molecule has 0 bridgehead atoms. The van der Waals surface area contributed by atoms with Gasteiger partial charge in [0.2, 0.25) is 0 Å². The highest BCUT2D eigenvalue weighted by atomic mass is 127. The summed E-state index contributed by atoms with van der Waals surface area (Å²) in [7, 11) is 3.43. The number of guanidine groups is 1. The molecule has 0 aliphatic carbocycles. The first-order chi connectivity index (χ1) is 10.3. The van der Waals surface area contributed by atoms with Crippen molar-refractivity contribution in [1.29, 1.82) is 0 Å². The van der Waals surface area contributed by atoms with Gasteiger partial charge >= 0.3 is 0 Å². The second kappa shape index (κ2) is 10.0. The number of methoxy groups -OCH3 is 1. The Morgan fingerprint density at radius 1 is 1.27 bits per heavy atom. The van der Waals surface area contributed by atoms with E-state index in [2.05, 4.69) is 20.7 Å². The maximum Gasteiger partial charge on any atom is 0.191 e. The highest BCUT2D eigenvalue weighted by Gasteiger charge is 1.99. The third kappa shape index (κ3) is 5.92. The predicted octanol–water partition coefficient (Wildman–Crippen LogP) is 1.87. The Labute approximate surface area is 148 Å². The van der Waals surface area contributed by atoms with Crippen molar-refractivity contribution in [2.24, 2.45) is 4.99 Å². The summed E-state index contributed by atoms with van der Waals surface area (Å²) in [6.45, 7) is 2.28. The van der Waals surface area contributed by atoms with Crippen molar-refractivity contribution in [1.82, 2.24) is 20.4 Å². The minimum Gasteiger partial charge on any atom is -0.497 e. The summed E-state index contributed by atoms with van der Waals surface area (Å²) in [5.74, 6) is 1.64. The smallest absolute Gasteiger partial charge is 0.191 e. The molecule has 1 heterocycles. The van der Waals surface area contributed by atoms with Crippen molar-refractivity contribution in [2.45, 2.75) is 13.1 Å². The lowest BCUT2D eigenvalue weighted by Crippen LogP contribution is -2.38. The lowest BCUT2D eigenvalue weighted by molar-refractivity contribution is 0.414. The fourth-order valence-electron chi connectivity index (χ4n) is 1.87. The first-order valence-corrected chi connectivity index (χ1v) is 6.86. The van der Waals surface area contributed by atoms with Crippen molar-refractivity contribution in [2.75, 3.05) is 20.7 Å². The summed E-state index contributed by atoms with van der Waals surface area (Å²) in [5, 5.41) is 10.7. The fourth-order valence-corrected chi connectivity index (χ4v) is 1.87. The van der Waals surface area contributed by atoms with Crippen LogP contribution in [-0.4, -0.2) is 36.4 Å². The Balaban J connectivity index is 0.00000242. The van der Waals surface area contributed by atoms with Gasteiger partial charge in [-0.15, -0.1) is 24.0 Å². The molecular weight excluding hydrogens is 393 g/mol. The highest BCUT2D eigenvalue weighted by Crippen LogP contribution is 2.10. The monoisotopic (exact) mass is 415 g/mol. The molecule has 0 unspecified atom stereocenters. The zero-order chi connectivity index (χ0) is 14.9. The molecule has 2 N–H and O–H groups in total. The number of benzene rings is 1. The molecule has 0 aliphatic heterocycles. The molecule has 2 aromatic rings. The lowest BCUT2D eigenvalue weighted by atomic mass is 10.2. The minimum absolute atomic E-state index is 0. The summed E-state index contributed by atoms with van der Waals surface area (Å²) in [4.78, 5) is 4.20. The number of halogens is 1. The van der Waals surface area contributed by atoms with E-state index in [1.807, 2.05) is 41.2 Å². The third-order valence-corrected chi connectivity index (χ3v) is 3.04. The molecule has 6 nitrogen and oxygen atoms in total. The molecule has 2 rings (SSSR count). The molecule has 0 saturated carbocycles. The van der Waals surface area contributed by atoms with E-state index >= 15 is 0 Å². The molecule has 0 aliphatic rings. The Kier molecular flexibility index (Phi) is 8.34. The second-order valence-electron chi connectivity index (χ2n) is 4.47. The van der Waals surface area contributed by atoms with Crippen molar-refractivity contribution in [3.63, 3.8) is 0 Å². The van der Waals surface area contributed by atoms with Crippen LogP contribution in [0.15, 0.2) is 47.7 Å². The molecule has 0 saturated heterocycles. The summed E-state index contributed by atoms with van der Waals surface area (Å²) in [6.07, 6.45) is 3.71. The molecule has 0 atom stereocenters. The number of nitrogens with zero attached hydrogens (tertiary/aromatic N) is 3. The molecule has 0 fully saturated rings. The van der Waals surface area contributed by atoms with Crippen LogP contribution in [0.4, 0.5) is 0 Å².